The molecule has 15 heavy (non-hydrogen) atoms. The molecule has 1 N–H and O–H groups in total. The number of hydrogen-bond acceptors (Lipinski definition) is 1. The molecule has 0 aliphatic heterocycles. The highest BCUT2D eigenvalue weighted by atomic mass is 35.5. The molecule has 1 rings (SSSR count). The number of nitrogens with one attached hydrogen (secondary N) is 1. The van der Waals surface area contributed by atoms with E-state index in [2.05, 4.69) is 11.9 Å². The summed E-state index contributed by atoms with van der Waals surface area (Å²) >= 11 is 11.7. The number of halogens is 2. The van der Waals surface area contributed by atoms with Gasteiger partial charge in [0, 0.05) is 23.1 Å². The Morgan fingerprint density at radius 2 is 1.80 bits per heavy atom. The average molecular weight is 242 g/mol. The van der Waals surface area contributed by atoms with E-state index in [1.807, 2.05) is 30.4 Å². The molecule has 0 saturated heterocycles. The van der Waals surface area contributed by atoms with Gasteiger partial charge < -0.3 is 5.32 Å². The molecule has 80 valence electrons. The summed E-state index contributed by atoms with van der Waals surface area (Å²) in [5.41, 5.74) is 1.01. The SMILES string of the molecule is C=CCNCC=Cc1cc(Cl)cc(Cl)c1. The molecule has 0 saturated carbocycles. The zero-order valence-corrected chi connectivity index (χ0v) is 9.85. The van der Waals surface area contributed by atoms with Gasteiger partial charge in [0.15, 0.2) is 0 Å². The van der Waals surface area contributed by atoms with Crippen LogP contribution in [0.3, 0.4) is 0 Å². The maximum absolute atomic E-state index is 5.87. The summed E-state index contributed by atoms with van der Waals surface area (Å²) in [5, 5.41) is 4.47. The molecule has 0 heterocycles. The second-order valence-electron chi connectivity index (χ2n) is 3.05. The minimum atomic E-state index is 0.654. The molecular formula is C12H13Cl2N. The Hall–Kier alpha value is -0.760. The zero-order valence-electron chi connectivity index (χ0n) is 8.34. The lowest BCUT2D eigenvalue weighted by atomic mass is 10.2. The van der Waals surface area contributed by atoms with Crippen molar-refractivity contribution in [1.29, 1.82) is 0 Å². The van der Waals surface area contributed by atoms with Crippen molar-refractivity contribution in [1.82, 2.24) is 5.32 Å². The quantitative estimate of drug-likeness (QED) is 0.612. The van der Waals surface area contributed by atoms with Crippen molar-refractivity contribution in [3.63, 3.8) is 0 Å². The smallest absolute Gasteiger partial charge is 0.0426 e. The molecule has 0 bridgehead atoms. The third-order valence-corrected chi connectivity index (χ3v) is 2.18. The third kappa shape index (κ3) is 5.03. The molecule has 1 aromatic carbocycles. The maximum atomic E-state index is 5.87. The summed E-state index contributed by atoms with van der Waals surface area (Å²) in [6.07, 6.45) is 5.82. The molecule has 0 fully saturated rings. The molecule has 0 aliphatic carbocycles. The summed E-state index contributed by atoms with van der Waals surface area (Å²) < 4.78 is 0. The van der Waals surface area contributed by atoms with Gasteiger partial charge in [0.1, 0.15) is 0 Å². The van der Waals surface area contributed by atoms with Crippen molar-refractivity contribution < 1.29 is 0 Å². The predicted octanol–water partition coefficient (Wildman–Crippen LogP) is 3.78. The molecule has 0 aromatic heterocycles. The van der Waals surface area contributed by atoms with Crippen molar-refractivity contribution in [2.75, 3.05) is 13.1 Å². The van der Waals surface area contributed by atoms with Gasteiger partial charge in [-0.2, -0.15) is 0 Å². The van der Waals surface area contributed by atoms with Gasteiger partial charge in [-0.3, -0.25) is 0 Å². The lowest BCUT2D eigenvalue weighted by molar-refractivity contribution is 0.846. The standard InChI is InChI=1S/C12H13Cl2N/c1-2-5-15-6-3-4-10-7-11(13)9-12(14)8-10/h2-4,7-9,15H,1,5-6H2. The van der Waals surface area contributed by atoms with E-state index in [9.17, 15) is 0 Å². The molecule has 0 radical (unpaired) electrons. The summed E-state index contributed by atoms with van der Waals surface area (Å²) in [5.74, 6) is 0. The number of rotatable bonds is 5. The first-order valence-electron chi connectivity index (χ1n) is 4.66. The van der Waals surface area contributed by atoms with E-state index in [0.717, 1.165) is 18.7 Å². The van der Waals surface area contributed by atoms with Crippen molar-refractivity contribution in [3.8, 4) is 0 Å². The molecule has 0 spiro atoms. The van der Waals surface area contributed by atoms with Gasteiger partial charge in [0.05, 0.1) is 0 Å². The fourth-order valence-electron chi connectivity index (χ4n) is 1.14. The topological polar surface area (TPSA) is 12.0 Å². The highest BCUT2D eigenvalue weighted by Gasteiger charge is 1.94. The fourth-order valence-corrected chi connectivity index (χ4v) is 1.68. The third-order valence-electron chi connectivity index (χ3n) is 1.75. The molecule has 1 aromatic rings. The Bertz CT molecular complexity index is 338. The average Bonchev–Trinajstić information content (AvgIpc) is 2.16. The predicted molar refractivity (Wildman–Crippen MR) is 68.6 cm³/mol. The minimum absolute atomic E-state index is 0.654. The monoisotopic (exact) mass is 241 g/mol. The molecule has 0 unspecified atom stereocenters. The van der Waals surface area contributed by atoms with Crippen LogP contribution in [0.2, 0.25) is 10.0 Å². The first-order chi connectivity index (χ1) is 7.22. The maximum Gasteiger partial charge on any atom is 0.0426 e. The second-order valence-corrected chi connectivity index (χ2v) is 3.92. The van der Waals surface area contributed by atoms with Crippen LogP contribution in [0.25, 0.3) is 6.08 Å². The van der Waals surface area contributed by atoms with Crippen molar-refractivity contribution in [2.45, 2.75) is 0 Å². The Balaban J connectivity index is 2.52. The van der Waals surface area contributed by atoms with Crippen LogP contribution in [0.4, 0.5) is 0 Å². The van der Waals surface area contributed by atoms with E-state index in [1.165, 1.54) is 0 Å². The van der Waals surface area contributed by atoms with Crippen LogP contribution in [-0.4, -0.2) is 13.1 Å². The normalized spacial score (nSPS) is 10.8. The van der Waals surface area contributed by atoms with Gasteiger partial charge in [-0.25, -0.2) is 0 Å². The molecule has 0 aliphatic rings. The Kier molecular flexibility index (Phi) is 5.48. The molecule has 3 heteroatoms. The summed E-state index contributed by atoms with van der Waals surface area (Å²) in [4.78, 5) is 0. The second kappa shape index (κ2) is 6.67. The zero-order chi connectivity index (χ0) is 11.1. The first-order valence-corrected chi connectivity index (χ1v) is 5.42. The molecule has 0 amide bonds. The summed E-state index contributed by atoms with van der Waals surface area (Å²) in [7, 11) is 0. The van der Waals surface area contributed by atoms with Gasteiger partial charge in [-0.1, -0.05) is 41.4 Å². The molecular weight excluding hydrogens is 229 g/mol. The van der Waals surface area contributed by atoms with Gasteiger partial charge in [-0.15, -0.1) is 6.58 Å². The van der Waals surface area contributed by atoms with Crippen LogP contribution in [0, 0.1) is 0 Å². The van der Waals surface area contributed by atoms with Crippen molar-refractivity contribution in [3.05, 3.63) is 52.5 Å². The first kappa shape index (κ1) is 12.3. The molecule has 1 nitrogen and oxygen atoms in total. The van der Waals surface area contributed by atoms with Crippen molar-refractivity contribution >= 4 is 29.3 Å². The Labute approximate surface area is 100 Å². The van der Waals surface area contributed by atoms with Gasteiger partial charge >= 0.3 is 0 Å². The van der Waals surface area contributed by atoms with Crippen LogP contribution in [0.1, 0.15) is 5.56 Å². The lowest BCUT2D eigenvalue weighted by Gasteiger charge is -1.98. The molecule has 0 atom stereocenters. The van der Waals surface area contributed by atoms with Crippen LogP contribution < -0.4 is 5.32 Å². The number of benzene rings is 1. The van der Waals surface area contributed by atoms with Crippen LogP contribution in [0.15, 0.2) is 36.9 Å². The highest BCUT2D eigenvalue weighted by Crippen LogP contribution is 2.19. The van der Waals surface area contributed by atoms with Crippen molar-refractivity contribution in [2.24, 2.45) is 0 Å². The van der Waals surface area contributed by atoms with E-state index in [0.29, 0.717) is 10.0 Å². The van der Waals surface area contributed by atoms with Crippen LogP contribution in [-0.2, 0) is 0 Å². The van der Waals surface area contributed by atoms with E-state index in [4.69, 9.17) is 23.2 Å². The van der Waals surface area contributed by atoms with E-state index in [1.54, 1.807) is 6.07 Å². The highest BCUT2D eigenvalue weighted by molar-refractivity contribution is 6.34. The fraction of sp³-hybridized carbons (Fsp3) is 0.167. The van der Waals surface area contributed by atoms with Gasteiger partial charge in [0.25, 0.3) is 0 Å². The van der Waals surface area contributed by atoms with Gasteiger partial charge in [-0.05, 0) is 23.8 Å². The Morgan fingerprint density at radius 3 is 2.40 bits per heavy atom. The van der Waals surface area contributed by atoms with Crippen LogP contribution in [0.5, 0.6) is 0 Å². The largest absolute Gasteiger partial charge is 0.310 e. The van der Waals surface area contributed by atoms with E-state index < -0.39 is 0 Å². The van der Waals surface area contributed by atoms with Gasteiger partial charge in [0.2, 0.25) is 0 Å². The Morgan fingerprint density at radius 1 is 1.13 bits per heavy atom. The van der Waals surface area contributed by atoms with Crippen LogP contribution >= 0.6 is 23.2 Å². The summed E-state index contributed by atoms with van der Waals surface area (Å²) in [6.45, 7) is 5.23. The lowest BCUT2D eigenvalue weighted by Crippen LogP contribution is -2.12. The van der Waals surface area contributed by atoms with E-state index >= 15 is 0 Å². The number of hydrogen-bond donors (Lipinski definition) is 1. The van der Waals surface area contributed by atoms with E-state index in [-0.39, 0.29) is 0 Å². The minimum Gasteiger partial charge on any atom is -0.310 e. The summed E-state index contributed by atoms with van der Waals surface area (Å²) in [6, 6.07) is 5.46.